The SMILES string of the molecule is Cc1nn(CC(=O)O)c2nc(-c3ccc(Cl)c(Cl)c3)cc(C(F)(F)F)c12. The van der Waals surface area contributed by atoms with Crippen LogP contribution in [0, 0.1) is 6.92 Å². The molecule has 136 valence electrons. The Bertz CT molecular complexity index is 1030. The largest absolute Gasteiger partial charge is 0.480 e. The number of benzene rings is 1. The zero-order chi connectivity index (χ0) is 19.2. The fourth-order valence-corrected chi connectivity index (χ4v) is 2.92. The van der Waals surface area contributed by atoms with Crippen LogP contribution >= 0.6 is 23.2 Å². The summed E-state index contributed by atoms with van der Waals surface area (Å²) in [5.74, 6) is -1.25. The van der Waals surface area contributed by atoms with Crippen molar-refractivity contribution in [2.45, 2.75) is 19.6 Å². The van der Waals surface area contributed by atoms with Gasteiger partial charge in [0.15, 0.2) is 5.65 Å². The van der Waals surface area contributed by atoms with Gasteiger partial charge in [-0.3, -0.25) is 4.79 Å². The smallest absolute Gasteiger partial charge is 0.417 e. The molecule has 10 heteroatoms. The summed E-state index contributed by atoms with van der Waals surface area (Å²) in [5, 5.41) is 13.0. The molecule has 1 aromatic carbocycles. The Morgan fingerprint density at radius 2 is 1.92 bits per heavy atom. The molecule has 0 fully saturated rings. The quantitative estimate of drug-likeness (QED) is 0.680. The predicted molar refractivity (Wildman–Crippen MR) is 90.4 cm³/mol. The van der Waals surface area contributed by atoms with Gasteiger partial charge in [-0.1, -0.05) is 29.3 Å². The van der Waals surface area contributed by atoms with Gasteiger partial charge in [0.2, 0.25) is 0 Å². The maximum absolute atomic E-state index is 13.6. The highest BCUT2D eigenvalue weighted by molar-refractivity contribution is 6.42. The number of alkyl halides is 3. The average Bonchev–Trinajstić information content (AvgIpc) is 2.83. The topological polar surface area (TPSA) is 68.0 Å². The van der Waals surface area contributed by atoms with E-state index in [-0.39, 0.29) is 32.5 Å². The van der Waals surface area contributed by atoms with Crippen LogP contribution in [-0.2, 0) is 17.5 Å². The minimum Gasteiger partial charge on any atom is -0.480 e. The summed E-state index contributed by atoms with van der Waals surface area (Å²) in [4.78, 5) is 15.2. The third-order valence-electron chi connectivity index (χ3n) is 3.68. The fourth-order valence-electron chi connectivity index (χ4n) is 2.62. The predicted octanol–water partition coefficient (Wildman–Crippen LogP) is 4.82. The number of carboxylic acids is 1. The Morgan fingerprint density at radius 3 is 2.50 bits per heavy atom. The Hall–Kier alpha value is -2.32. The number of carbonyl (C=O) groups is 1. The van der Waals surface area contributed by atoms with E-state index in [2.05, 4.69) is 10.1 Å². The zero-order valence-corrected chi connectivity index (χ0v) is 14.6. The van der Waals surface area contributed by atoms with Crippen LogP contribution in [0.1, 0.15) is 11.3 Å². The number of pyridine rings is 1. The number of aromatic nitrogens is 3. The van der Waals surface area contributed by atoms with E-state index in [4.69, 9.17) is 28.3 Å². The first-order valence-corrected chi connectivity index (χ1v) is 7.96. The molecular formula is C16H10Cl2F3N3O2. The molecule has 0 aliphatic heterocycles. The lowest BCUT2D eigenvalue weighted by Gasteiger charge is -2.12. The summed E-state index contributed by atoms with van der Waals surface area (Å²) in [6.45, 7) is 0.760. The molecule has 0 saturated carbocycles. The van der Waals surface area contributed by atoms with Crippen molar-refractivity contribution >= 4 is 40.2 Å². The van der Waals surface area contributed by atoms with Gasteiger partial charge in [0.05, 0.1) is 32.4 Å². The molecule has 0 saturated heterocycles. The van der Waals surface area contributed by atoms with Crippen molar-refractivity contribution in [1.82, 2.24) is 14.8 Å². The molecule has 1 N–H and O–H groups in total. The maximum atomic E-state index is 13.6. The van der Waals surface area contributed by atoms with E-state index >= 15 is 0 Å². The van der Waals surface area contributed by atoms with Gasteiger partial charge in [0, 0.05) is 5.56 Å². The lowest BCUT2D eigenvalue weighted by atomic mass is 10.1. The minimum atomic E-state index is -4.67. The number of hydrogen-bond acceptors (Lipinski definition) is 3. The van der Waals surface area contributed by atoms with E-state index in [1.54, 1.807) is 0 Å². The molecule has 2 heterocycles. The number of rotatable bonds is 3. The number of fused-ring (bicyclic) bond motifs is 1. The van der Waals surface area contributed by atoms with Gasteiger partial charge in [-0.15, -0.1) is 0 Å². The molecule has 5 nitrogen and oxygen atoms in total. The van der Waals surface area contributed by atoms with Crippen LogP contribution in [0.25, 0.3) is 22.3 Å². The van der Waals surface area contributed by atoms with E-state index in [9.17, 15) is 18.0 Å². The van der Waals surface area contributed by atoms with Crippen LogP contribution in [0.4, 0.5) is 13.2 Å². The maximum Gasteiger partial charge on any atom is 0.417 e. The Kier molecular flexibility index (Phi) is 4.58. The van der Waals surface area contributed by atoms with E-state index in [1.165, 1.54) is 25.1 Å². The fraction of sp³-hybridized carbons (Fsp3) is 0.188. The lowest BCUT2D eigenvalue weighted by Crippen LogP contribution is -2.12. The number of nitrogens with zero attached hydrogens (tertiary/aromatic N) is 3. The van der Waals surface area contributed by atoms with Crippen LogP contribution in [-0.4, -0.2) is 25.8 Å². The molecular weight excluding hydrogens is 394 g/mol. The van der Waals surface area contributed by atoms with Gasteiger partial charge < -0.3 is 5.11 Å². The Morgan fingerprint density at radius 1 is 1.23 bits per heavy atom. The molecule has 0 aliphatic carbocycles. The molecule has 3 aromatic rings. The highest BCUT2D eigenvalue weighted by Crippen LogP contribution is 2.38. The van der Waals surface area contributed by atoms with Crippen molar-refractivity contribution in [3.05, 3.63) is 45.6 Å². The van der Waals surface area contributed by atoms with Gasteiger partial charge in [-0.05, 0) is 25.1 Å². The summed E-state index contributed by atoms with van der Waals surface area (Å²) < 4.78 is 41.7. The minimum absolute atomic E-state index is 0.0186. The van der Waals surface area contributed by atoms with E-state index in [0.29, 0.717) is 5.56 Å². The molecule has 0 unspecified atom stereocenters. The van der Waals surface area contributed by atoms with Crippen LogP contribution in [0.15, 0.2) is 24.3 Å². The molecule has 0 bridgehead atoms. The van der Waals surface area contributed by atoms with Gasteiger partial charge in [-0.2, -0.15) is 18.3 Å². The summed E-state index contributed by atoms with van der Waals surface area (Å²) >= 11 is 11.8. The molecule has 0 spiro atoms. The van der Waals surface area contributed by atoms with E-state index in [0.717, 1.165) is 10.7 Å². The van der Waals surface area contributed by atoms with E-state index < -0.39 is 24.3 Å². The number of hydrogen-bond donors (Lipinski definition) is 1. The van der Waals surface area contributed by atoms with Crippen molar-refractivity contribution in [3.63, 3.8) is 0 Å². The summed E-state index contributed by atoms with van der Waals surface area (Å²) in [5.41, 5.74) is -0.775. The third kappa shape index (κ3) is 3.34. The number of halogens is 5. The first-order chi connectivity index (χ1) is 12.1. The zero-order valence-electron chi connectivity index (χ0n) is 13.1. The molecule has 3 rings (SSSR count). The number of carboxylic acid groups (broad SMARTS) is 1. The molecule has 2 aromatic heterocycles. The second-order valence-corrected chi connectivity index (χ2v) is 6.33. The normalized spacial score (nSPS) is 11.9. The van der Waals surface area contributed by atoms with Crippen molar-refractivity contribution in [1.29, 1.82) is 0 Å². The highest BCUT2D eigenvalue weighted by Gasteiger charge is 2.35. The average molecular weight is 404 g/mol. The summed E-state index contributed by atoms with van der Waals surface area (Å²) in [6, 6.07) is 5.20. The molecule has 0 aliphatic rings. The van der Waals surface area contributed by atoms with Crippen LogP contribution in [0.3, 0.4) is 0 Å². The highest BCUT2D eigenvalue weighted by atomic mass is 35.5. The molecule has 0 amide bonds. The Balaban J connectivity index is 2.34. The van der Waals surface area contributed by atoms with Crippen molar-refractivity contribution in [2.24, 2.45) is 0 Å². The van der Waals surface area contributed by atoms with Crippen LogP contribution in [0.2, 0.25) is 10.0 Å². The molecule has 0 atom stereocenters. The standard InChI is InChI=1S/C16H10Cl2F3N3O2/c1-7-14-9(16(19,20)21)5-12(8-2-3-10(17)11(18)4-8)22-15(14)24(23-7)6-13(25)26/h2-5H,6H2,1H3,(H,25,26). The van der Waals surface area contributed by atoms with E-state index in [1.807, 2.05) is 0 Å². The molecule has 26 heavy (non-hydrogen) atoms. The van der Waals surface area contributed by atoms with Crippen LogP contribution < -0.4 is 0 Å². The third-order valence-corrected chi connectivity index (χ3v) is 4.42. The molecule has 0 radical (unpaired) electrons. The van der Waals surface area contributed by atoms with Crippen LogP contribution in [0.5, 0.6) is 0 Å². The monoisotopic (exact) mass is 403 g/mol. The van der Waals surface area contributed by atoms with Crippen molar-refractivity contribution < 1.29 is 23.1 Å². The first-order valence-electron chi connectivity index (χ1n) is 7.20. The number of aliphatic carboxylic acids is 1. The summed E-state index contributed by atoms with van der Waals surface area (Å²) in [6.07, 6.45) is -4.67. The summed E-state index contributed by atoms with van der Waals surface area (Å²) in [7, 11) is 0. The van der Waals surface area contributed by atoms with Gasteiger partial charge in [0.25, 0.3) is 0 Å². The van der Waals surface area contributed by atoms with Crippen molar-refractivity contribution in [2.75, 3.05) is 0 Å². The second-order valence-electron chi connectivity index (χ2n) is 5.52. The lowest BCUT2D eigenvalue weighted by molar-refractivity contribution is -0.138. The van der Waals surface area contributed by atoms with Gasteiger partial charge in [-0.25, -0.2) is 9.67 Å². The number of aryl methyl sites for hydroxylation is 1. The first kappa shape index (κ1) is 18.5. The van der Waals surface area contributed by atoms with Gasteiger partial charge in [0.1, 0.15) is 6.54 Å². The Labute approximate surface area is 155 Å². The second kappa shape index (κ2) is 6.44. The van der Waals surface area contributed by atoms with Gasteiger partial charge >= 0.3 is 12.1 Å². The van der Waals surface area contributed by atoms with Crippen molar-refractivity contribution in [3.8, 4) is 11.3 Å².